The van der Waals surface area contributed by atoms with Crippen LogP contribution in [0.25, 0.3) is 0 Å². The first-order valence-electron chi connectivity index (χ1n) is 9.40. The zero-order chi connectivity index (χ0) is 20.5. The van der Waals surface area contributed by atoms with E-state index >= 15 is 0 Å². The largest absolute Gasteiger partial charge is 0.322 e. The molecule has 1 fully saturated rings. The summed E-state index contributed by atoms with van der Waals surface area (Å²) in [7, 11) is -3.62. The summed E-state index contributed by atoms with van der Waals surface area (Å²) in [5, 5.41) is 2.89. The van der Waals surface area contributed by atoms with Gasteiger partial charge in [0.15, 0.2) is 0 Å². The van der Waals surface area contributed by atoms with E-state index in [1.807, 2.05) is 39.0 Å². The number of nitrogens with one attached hydrogen (secondary N) is 1. The van der Waals surface area contributed by atoms with Crippen LogP contribution in [0.5, 0.6) is 0 Å². The number of rotatable bonds is 4. The maximum absolute atomic E-state index is 13.1. The fraction of sp³-hybridized carbons (Fsp3) is 0.381. The molecule has 0 bridgehead atoms. The summed E-state index contributed by atoms with van der Waals surface area (Å²) < 4.78 is 28.7. The standard InChI is InChI=1S/C21H25BrN2O3S/c1-14-7-9-18(28(26,27)24-11-5-4-6-16(24)3)13-19(14)21(25)23-20-10-8-17(22)12-15(20)2/h7-10,12-13,16H,4-6,11H2,1-3H3,(H,23,25). The van der Waals surface area contributed by atoms with Gasteiger partial charge in [0.05, 0.1) is 4.90 Å². The van der Waals surface area contributed by atoms with E-state index in [9.17, 15) is 13.2 Å². The molecule has 1 unspecified atom stereocenters. The van der Waals surface area contributed by atoms with Crippen molar-refractivity contribution < 1.29 is 13.2 Å². The Hall–Kier alpha value is -1.70. The summed E-state index contributed by atoms with van der Waals surface area (Å²) >= 11 is 3.41. The lowest BCUT2D eigenvalue weighted by molar-refractivity contribution is 0.102. The van der Waals surface area contributed by atoms with E-state index in [1.54, 1.807) is 16.4 Å². The molecule has 0 spiro atoms. The first-order chi connectivity index (χ1) is 13.2. The first kappa shape index (κ1) is 21.0. The van der Waals surface area contributed by atoms with Gasteiger partial charge in [0.25, 0.3) is 5.91 Å². The number of carbonyl (C=O) groups is 1. The molecule has 1 amide bonds. The van der Waals surface area contributed by atoms with Crippen LogP contribution in [0.3, 0.4) is 0 Å². The highest BCUT2D eigenvalue weighted by Crippen LogP contribution is 2.27. The maximum Gasteiger partial charge on any atom is 0.255 e. The van der Waals surface area contributed by atoms with Crippen molar-refractivity contribution in [1.29, 1.82) is 0 Å². The lowest BCUT2D eigenvalue weighted by atomic mass is 10.1. The lowest BCUT2D eigenvalue weighted by Gasteiger charge is -2.32. The highest BCUT2D eigenvalue weighted by Gasteiger charge is 2.31. The second-order valence-corrected chi connectivity index (χ2v) is 10.2. The maximum atomic E-state index is 13.1. The Kier molecular flexibility index (Phi) is 6.27. The molecule has 1 aliphatic heterocycles. The first-order valence-corrected chi connectivity index (χ1v) is 11.6. The number of amides is 1. The number of hydrogen-bond acceptors (Lipinski definition) is 3. The fourth-order valence-corrected chi connectivity index (χ4v) is 5.73. The summed E-state index contributed by atoms with van der Waals surface area (Å²) in [6.45, 7) is 6.18. The minimum atomic E-state index is -3.62. The highest BCUT2D eigenvalue weighted by atomic mass is 79.9. The third kappa shape index (κ3) is 4.31. The number of carbonyl (C=O) groups excluding carboxylic acids is 1. The quantitative estimate of drug-likeness (QED) is 0.700. The Labute approximate surface area is 175 Å². The monoisotopic (exact) mass is 464 g/mol. The summed E-state index contributed by atoms with van der Waals surface area (Å²) in [4.78, 5) is 13.0. The number of benzene rings is 2. The Balaban J connectivity index is 1.91. The summed E-state index contributed by atoms with van der Waals surface area (Å²) in [5.74, 6) is -0.313. The average Bonchev–Trinajstić information content (AvgIpc) is 2.64. The highest BCUT2D eigenvalue weighted by molar-refractivity contribution is 9.10. The zero-order valence-electron chi connectivity index (χ0n) is 16.3. The van der Waals surface area contributed by atoms with Crippen LogP contribution in [0.4, 0.5) is 5.69 Å². The van der Waals surface area contributed by atoms with Crippen molar-refractivity contribution in [3.05, 3.63) is 57.6 Å². The van der Waals surface area contributed by atoms with Crippen molar-refractivity contribution in [3.8, 4) is 0 Å². The molecule has 1 atom stereocenters. The van der Waals surface area contributed by atoms with E-state index in [2.05, 4.69) is 21.2 Å². The van der Waals surface area contributed by atoms with Gasteiger partial charge in [-0.05, 0) is 75.1 Å². The molecule has 2 aromatic carbocycles. The van der Waals surface area contributed by atoms with E-state index < -0.39 is 10.0 Å². The molecule has 1 saturated heterocycles. The van der Waals surface area contributed by atoms with Crippen LogP contribution in [-0.4, -0.2) is 31.2 Å². The second-order valence-electron chi connectivity index (χ2n) is 7.35. The number of aryl methyl sites for hydroxylation is 2. The number of sulfonamides is 1. The fourth-order valence-electron chi connectivity index (χ4n) is 3.53. The molecule has 5 nitrogen and oxygen atoms in total. The van der Waals surface area contributed by atoms with Crippen LogP contribution in [-0.2, 0) is 10.0 Å². The van der Waals surface area contributed by atoms with Crippen molar-refractivity contribution in [2.45, 2.75) is 51.0 Å². The van der Waals surface area contributed by atoms with Gasteiger partial charge >= 0.3 is 0 Å². The number of anilines is 1. The molecular weight excluding hydrogens is 440 g/mol. The smallest absolute Gasteiger partial charge is 0.255 e. The molecule has 28 heavy (non-hydrogen) atoms. The average molecular weight is 465 g/mol. The predicted molar refractivity (Wildman–Crippen MR) is 115 cm³/mol. The van der Waals surface area contributed by atoms with Crippen molar-refractivity contribution >= 4 is 37.5 Å². The Morgan fingerprint density at radius 2 is 1.86 bits per heavy atom. The van der Waals surface area contributed by atoms with Crippen molar-refractivity contribution in [3.63, 3.8) is 0 Å². The van der Waals surface area contributed by atoms with Crippen molar-refractivity contribution in [2.75, 3.05) is 11.9 Å². The molecule has 2 aromatic rings. The van der Waals surface area contributed by atoms with Crippen LogP contribution < -0.4 is 5.32 Å². The number of halogens is 1. The molecule has 3 rings (SSSR count). The minimum Gasteiger partial charge on any atom is -0.322 e. The molecule has 1 N–H and O–H groups in total. The van der Waals surface area contributed by atoms with Gasteiger partial charge in [0.1, 0.15) is 0 Å². The van der Waals surface area contributed by atoms with Gasteiger partial charge in [0, 0.05) is 28.3 Å². The Morgan fingerprint density at radius 3 is 2.54 bits per heavy atom. The van der Waals surface area contributed by atoms with Crippen LogP contribution in [0.15, 0.2) is 45.8 Å². The third-order valence-corrected chi connectivity index (χ3v) is 7.74. The van der Waals surface area contributed by atoms with Gasteiger partial charge < -0.3 is 5.32 Å². The summed E-state index contributed by atoms with van der Waals surface area (Å²) in [6, 6.07) is 10.4. The minimum absolute atomic E-state index is 0.0252. The van der Waals surface area contributed by atoms with Crippen molar-refractivity contribution in [1.82, 2.24) is 4.31 Å². The molecule has 1 aliphatic rings. The van der Waals surface area contributed by atoms with Crippen molar-refractivity contribution in [2.24, 2.45) is 0 Å². The predicted octanol–water partition coefficient (Wildman–Crippen LogP) is 4.88. The van der Waals surface area contributed by atoms with Gasteiger partial charge in [-0.2, -0.15) is 4.31 Å². The van der Waals surface area contributed by atoms with Gasteiger partial charge in [-0.15, -0.1) is 0 Å². The molecule has 0 saturated carbocycles. The van der Waals surface area contributed by atoms with Crippen LogP contribution in [0.1, 0.15) is 47.7 Å². The van der Waals surface area contributed by atoms with E-state index in [0.717, 1.165) is 34.9 Å². The topological polar surface area (TPSA) is 66.5 Å². The van der Waals surface area contributed by atoms with Crippen LogP contribution in [0, 0.1) is 13.8 Å². The summed E-state index contributed by atoms with van der Waals surface area (Å²) in [6.07, 6.45) is 2.77. The van der Waals surface area contributed by atoms with Gasteiger partial charge in [-0.1, -0.05) is 28.4 Å². The summed E-state index contributed by atoms with van der Waals surface area (Å²) in [5.41, 5.74) is 2.72. The Morgan fingerprint density at radius 1 is 1.11 bits per heavy atom. The Bertz CT molecular complexity index is 1000. The van der Waals surface area contributed by atoms with E-state index in [0.29, 0.717) is 17.8 Å². The third-order valence-electron chi connectivity index (χ3n) is 5.24. The lowest BCUT2D eigenvalue weighted by Crippen LogP contribution is -2.42. The molecule has 150 valence electrons. The molecule has 7 heteroatoms. The van der Waals surface area contributed by atoms with Crippen LogP contribution >= 0.6 is 15.9 Å². The number of nitrogens with zero attached hydrogens (tertiary/aromatic N) is 1. The second kappa shape index (κ2) is 8.35. The zero-order valence-corrected chi connectivity index (χ0v) is 18.7. The molecule has 0 radical (unpaired) electrons. The number of piperidine rings is 1. The normalized spacial score (nSPS) is 18.1. The number of hydrogen-bond donors (Lipinski definition) is 1. The van der Waals surface area contributed by atoms with E-state index in [4.69, 9.17) is 0 Å². The molecule has 1 heterocycles. The SMILES string of the molecule is Cc1cc(Br)ccc1NC(=O)c1cc(S(=O)(=O)N2CCCCC2C)ccc1C. The van der Waals surface area contributed by atoms with Crippen LogP contribution in [0.2, 0.25) is 0 Å². The van der Waals surface area contributed by atoms with Gasteiger partial charge in [-0.25, -0.2) is 8.42 Å². The molecule has 0 aromatic heterocycles. The van der Waals surface area contributed by atoms with Gasteiger partial charge in [0.2, 0.25) is 10.0 Å². The van der Waals surface area contributed by atoms with Gasteiger partial charge in [-0.3, -0.25) is 4.79 Å². The van der Waals surface area contributed by atoms with E-state index in [-0.39, 0.29) is 16.8 Å². The molecular formula is C21H25BrN2O3S. The molecule has 0 aliphatic carbocycles. The van der Waals surface area contributed by atoms with E-state index in [1.165, 1.54) is 6.07 Å².